The van der Waals surface area contributed by atoms with E-state index in [9.17, 15) is 9.59 Å². The van der Waals surface area contributed by atoms with Crippen molar-refractivity contribution in [1.29, 1.82) is 0 Å². The number of methoxy groups -OCH3 is 1. The Morgan fingerprint density at radius 2 is 1.49 bits per heavy atom. The van der Waals surface area contributed by atoms with E-state index >= 15 is 0 Å². The Morgan fingerprint density at radius 1 is 0.946 bits per heavy atom. The monoisotopic (exact) mass is 560 g/mol. The second kappa shape index (κ2) is 12.9. The van der Waals surface area contributed by atoms with E-state index in [1.807, 2.05) is 31.2 Å². The van der Waals surface area contributed by atoms with E-state index in [-0.39, 0.29) is 28.1 Å². The van der Waals surface area contributed by atoms with Gasteiger partial charge in [0.25, 0.3) is 0 Å². The molecule has 2 aromatic carbocycles. The SMILES string of the molecule is COc1ccnc(C(=S)N[C@@H](C)C(=O)O[C@@H](C)C(c2ccc(Cl)cc2)c2ccc(Cl)cc2)c1OC(C)=O. The molecule has 0 fully saturated rings. The highest BCUT2D eigenvalue weighted by atomic mass is 35.5. The van der Waals surface area contributed by atoms with E-state index in [2.05, 4.69) is 10.3 Å². The maximum Gasteiger partial charge on any atom is 0.328 e. The number of carbonyl (C=O) groups excluding carboxylic acids is 2. The number of hydrogen-bond donors (Lipinski definition) is 1. The fourth-order valence-electron chi connectivity index (χ4n) is 3.75. The molecule has 2 atom stereocenters. The second-order valence-electron chi connectivity index (χ2n) is 8.20. The number of halogens is 2. The summed E-state index contributed by atoms with van der Waals surface area (Å²) in [6.45, 7) is 4.69. The highest BCUT2D eigenvalue weighted by Gasteiger charge is 2.28. The van der Waals surface area contributed by atoms with Crippen LogP contribution in [0.3, 0.4) is 0 Å². The molecule has 3 rings (SSSR count). The lowest BCUT2D eigenvalue weighted by atomic mass is 9.87. The maximum atomic E-state index is 13.1. The molecule has 7 nitrogen and oxygen atoms in total. The molecule has 0 saturated heterocycles. The first-order valence-corrected chi connectivity index (χ1v) is 12.5. The van der Waals surface area contributed by atoms with Gasteiger partial charge in [0, 0.05) is 35.2 Å². The van der Waals surface area contributed by atoms with Crippen LogP contribution in [0.15, 0.2) is 60.8 Å². The lowest BCUT2D eigenvalue weighted by Gasteiger charge is -2.27. The van der Waals surface area contributed by atoms with Crippen LogP contribution in [0.25, 0.3) is 0 Å². The highest BCUT2D eigenvalue weighted by Crippen LogP contribution is 2.32. The van der Waals surface area contributed by atoms with Crippen LogP contribution in [0.2, 0.25) is 10.0 Å². The van der Waals surface area contributed by atoms with Gasteiger partial charge in [0.05, 0.1) is 7.11 Å². The maximum absolute atomic E-state index is 13.1. The number of benzene rings is 2. The lowest BCUT2D eigenvalue weighted by Crippen LogP contribution is -2.41. The van der Waals surface area contributed by atoms with E-state index in [0.717, 1.165) is 11.1 Å². The Bertz CT molecular complexity index is 1220. The highest BCUT2D eigenvalue weighted by molar-refractivity contribution is 7.80. The molecule has 0 aliphatic rings. The van der Waals surface area contributed by atoms with Crippen LogP contribution >= 0.6 is 35.4 Å². The minimum absolute atomic E-state index is 0.0643. The number of ether oxygens (including phenoxy) is 3. The number of hydrogen-bond acceptors (Lipinski definition) is 7. The third-order valence-electron chi connectivity index (χ3n) is 5.48. The minimum atomic E-state index is -0.829. The molecule has 37 heavy (non-hydrogen) atoms. The smallest absolute Gasteiger partial charge is 0.328 e. The van der Waals surface area contributed by atoms with Crippen molar-refractivity contribution in [2.75, 3.05) is 7.11 Å². The quantitative estimate of drug-likeness (QED) is 0.262. The largest absolute Gasteiger partial charge is 0.493 e. The van der Waals surface area contributed by atoms with Gasteiger partial charge < -0.3 is 19.5 Å². The van der Waals surface area contributed by atoms with Crippen molar-refractivity contribution in [2.24, 2.45) is 0 Å². The van der Waals surface area contributed by atoms with Gasteiger partial charge in [-0.2, -0.15) is 0 Å². The summed E-state index contributed by atoms with van der Waals surface area (Å²) in [5.74, 6) is -1.02. The molecule has 3 aromatic rings. The summed E-state index contributed by atoms with van der Waals surface area (Å²) in [6.07, 6.45) is 0.919. The summed E-state index contributed by atoms with van der Waals surface area (Å²) in [7, 11) is 1.43. The van der Waals surface area contributed by atoms with E-state index in [0.29, 0.717) is 10.0 Å². The molecule has 0 radical (unpaired) electrons. The Hall–Kier alpha value is -3.20. The van der Waals surface area contributed by atoms with Gasteiger partial charge in [0.1, 0.15) is 22.8 Å². The third-order valence-corrected chi connectivity index (χ3v) is 6.30. The zero-order valence-corrected chi connectivity index (χ0v) is 23.0. The second-order valence-corrected chi connectivity index (χ2v) is 9.48. The molecule has 1 heterocycles. The first kappa shape index (κ1) is 28.4. The number of carbonyl (C=O) groups is 2. The summed E-state index contributed by atoms with van der Waals surface area (Å²) in [4.78, 5) is 28.9. The molecule has 0 spiro atoms. The summed E-state index contributed by atoms with van der Waals surface area (Å²) in [5, 5.41) is 4.12. The molecule has 0 amide bonds. The number of esters is 2. The van der Waals surface area contributed by atoms with Crippen LogP contribution in [0, 0.1) is 0 Å². The van der Waals surface area contributed by atoms with Crippen molar-refractivity contribution in [3.8, 4) is 11.5 Å². The van der Waals surface area contributed by atoms with E-state index < -0.39 is 24.1 Å². The molecule has 0 aliphatic heterocycles. The standard InChI is InChI=1S/C27H26Cl2N2O5S/c1-15(31-26(37)24-25(36-17(3)32)22(34-4)13-14-30-24)27(33)35-16(2)23(18-5-9-20(28)10-6-18)19-7-11-21(29)12-8-19/h5-16,23H,1-4H3,(H,31,37)/t15-,16-/m0/s1. The normalized spacial score (nSPS) is 12.4. The van der Waals surface area contributed by atoms with Crippen molar-refractivity contribution in [2.45, 2.75) is 38.8 Å². The van der Waals surface area contributed by atoms with E-state index in [1.54, 1.807) is 31.2 Å². The van der Waals surface area contributed by atoms with Gasteiger partial charge in [-0.15, -0.1) is 0 Å². The Labute approximate surface area is 231 Å². The van der Waals surface area contributed by atoms with Crippen LogP contribution < -0.4 is 14.8 Å². The predicted molar refractivity (Wildman–Crippen MR) is 147 cm³/mol. The molecule has 194 valence electrons. The molecule has 0 bridgehead atoms. The van der Waals surface area contributed by atoms with E-state index in [4.69, 9.17) is 49.6 Å². The first-order chi connectivity index (χ1) is 17.6. The van der Waals surface area contributed by atoms with Crippen molar-refractivity contribution >= 4 is 52.3 Å². The molecule has 10 heteroatoms. The molecular formula is C27H26Cl2N2O5S. The molecule has 0 unspecified atom stereocenters. The van der Waals surface area contributed by atoms with Gasteiger partial charge >= 0.3 is 11.9 Å². The molecule has 0 aliphatic carbocycles. The third kappa shape index (κ3) is 7.41. The van der Waals surface area contributed by atoms with Gasteiger partial charge in [-0.1, -0.05) is 59.7 Å². The zero-order chi connectivity index (χ0) is 27.1. The summed E-state index contributed by atoms with van der Waals surface area (Å²) in [5.41, 5.74) is 2.02. The summed E-state index contributed by atoms with van der Waals surface area (Å²) >= 11 is 17.6. The van der Waals surface area contributed by atoms with Gasteiger partial charge in [0.15, 0.2) is 5.75 Å². The van der Waals surface area contributed by atoms with Gasteiger partial charge in [-0.05, 0) is 49.2 Å². The van der Waals surface area contributed by atoms with Crippen molar-refractivity contribution in [1.82, 2.24) is 10.3 Å². The zero-order valence-electron chi connectivity index (χ0n) is 20.7. The van der Waals surface area contributed by atoms with Gasteiger partial charge in [0.2, 0.25) is 5.75 Å². The Balaban J connectivity index is 1.78. The van der Waals surface area contributed by atoms with Crippen LogP contribution in [-0.4, -0.2) is 41.2 Å². The van der Waals surface area contributed by atoms with Crippen LogP contribution in [0.1, 0.15) is 43.5 Å². The summed E-state index contributed by atoms with van der Waals surface area (Å²) in [6, 6.07) is 15.5. The Kier molecular flexibility index (Phi) is 9.86. The van der Waals surface area contributed by atoms with Gasteiger partial charge in [-0.3, -0.25) is 4.79 Å². The fourth-order valence-corrected chi connectivity index (χ4v) is 4.32. The number of rotatable bonds is 9. The Morgan fingerprint density at radius 3 is 1.97 bits per heavy atom. The number of thiocarbonyl (C=S) groups is 1. The lowest BCUT2D eigenvalue weighted by molar-refractivity contribution is -0.150. The average Bonchev–Trinajstić information content (AvgIpc) is 2.86. The molecule has 0 saturated carbocycles. The van der Waals surface area contributed by atoms with Crippen molar-refractivity contribution < 1.29 is 23.8 Å². The molecule has 1 aromatic heterocycles. The van der Waals surface area contributed by atoms with Crippen LogP contribution in [0.4, 0.5) is 0 Å². The first-order valence-electron chi connectivity index (χ1n) is 11.3. The van der Waals surface area contributed by atoms with Crippen molar-refractivity contribution in [3.05, 3.63) is 87.7 Å². The van der Waals surface area contributed by atoms with Crippen molar-refractivity contribution in [3.63, 3.8) is 0 Å². The minimum Gasteiger partial charge on any atom is -0.493 e. The van der Waals surface area contributed by atoms with Crippen LogP contribution in [0.5, 0.6) is 11.5 Å². The fraction of sp³-hybridized carbons (Fsp3) is 0.259. The molecular weight excluding hydrogens is 535 g/mol. The predicted octanol–water partition coefficient (Wildman–Crippen LogP) is 5.74. The number of nitrogens with zero attached hydrogens (tertiary/aromatic N) is 1. The number of nitrogens with one attached hydrogen (secondary N) is 1. The topological polar surface area (TPSA) is 86.8 Å². The van der Waals surface area contributed by atoms with E-state index in [1.165, 1.54) is 26.3 Å². The number of aromatic nitrogens is 1. The molecule has 1 N–H and O–H groups in total. The average molecular weight is 561 g/mol. The number of pyridine rings is 1. The van der Waals surface area contributed by atoms with Gasteiger partial charge in [-0.25, -0.2) is 9.78 Å². The van der Waals surface area contributed by atoms with Crippen LogP contribution in [-0.2, 0) is 14.3 Å². The summed E-state index contributed by atoms with van der Waals surface area (Å²) < 4.78 is 16.4.